The highest BCUT2D eigenvalue weighted by Gasteiger charge is 2.13. The minimum atomic E-state index is 0.676. The van der Waals surface area contributed by atoms with Crippen LogP contribution in [0, 0.1) is 0 Å². The monoisotopic (exact) mass is 176 g/mol. The van der Waals surface area contributed by atoms with Gasteiger partial charge in [0.05, 0.1) is 12.5 Å². The van der Waals surface area contributed by atoms with Crippen molar-refractivity contribution in [3.05, 3.63) is 0 Å². The van der Waals surface area contributed by atoms with Gasteiger partial charge >= 0.3 is 0 Å². The highest BCUT2D eigenvalue weighted by Crippen LogP contribution is 2.20. The van der Waals surface area contributed by atoms with Gasteiger partial charge in [0, 0.05) is 18.5 Å². The van der Waals surface area contributed by atoms with E-state index < -0.39 is 0 Å². The second-order valence-corrected chi connectivity index (χ2v) is 3.85. The van der Waals surface area contributed by atoms with Crippen molar-refractivity contribution in [1.82, 2.24) is 0 Å². The van der Waals surface area contributed by atoms with Gasteiger partial charge in [-0.1, -0.05) is 0 Å². The van der Waals surface area contributed by atoms with E-state index in [0.717, 1.165) is 25.8 Å². The Bertz CT molecular complexity index is 92.1. The van der Waals surface area contributed by atoms with Crippen LogP contribution in [0.5, 0.6) is 0 Å². The van der Waals surface area contributed by atoms with E-state index >= 15 is 0 Å². The molecule has 1 aliphatic heterocycles. The maximum Gasteiger partial charge on any atom is 0.0924 e. The number of thioether (sulfide) groups is 1. The van der Waals surface area contributed by atoms with Crippen molar-refractivity contribution in [2.45, 2.75) is 25.0 Å². The summed E-state index contributed by atoms with van der Waals surface area (Å²) in [5.74, 6) is 0.824. The molecule has 0 aromatic carbocycles. The van der Waals surface area contributed by atoms with Crippen LogP contribution >= 0.6 is 11.8 Å². The molecule has 1 aliphatic rings. The molecular weight excluding hydrogens is 160 g/mol. The Hall–Kier alpha value is 0.270. The number of rotatable bonds is 4. The van der Waals surface area contributed by atoms with Crippen molar-refractivity contribution in [1.29, 1.82) is 0 Å². The van der Waals surface area contributed by atoms with Gasteiger partial charge < -0.3 is 9.47 Å². The summed E-state index contributed by atoms with van der Waals surface area (Å²) in [6.07, 6.45) is 2.50. The molecule has 2 nitrogen and oxygen atoms in total. The molecule has 1 rings (SSSR count). The van der Waals surface area contributed by atoms with E-state index in [1.165, 1.54) is 12.8 Å². The van der Waals surface area contributed by atoms with Crippen LogP contribution in [0.25, 0.3) is 0 Å². The molecular formula is C8H16O2S. The first kappa shape index (κ1) is 9.36. The molecule has 3 heteroatoms. The van der Waals surface area contributed by atoms with Crippen molar-refractivity contribution >= 4 is 11.8 Å². The average Bonchev–Trinajstić information content (AvgIpc) is 2.07. The SMILES string of the molecule is CCOCSC1CCCOC1. The molecule has 11 heavy (non-hydrogen) atoms. The van der Waals surface area contributed by atoms with Gasteiger partial charge in [0.2, 0.25) is 0 Å². The van der Waals surface area contributed by atoms with E-state index in [0.29, 0.717) is 5.25 Å². The average molecular weight is 176 g/mol. The number of ether oxygens (including phenoxy) is 2. The molecule has 66 valence electrons. The lowest BCUT2D eigenvalue weighted by Crippen LogP contribution is -2.19. The second kappa shape index (κ2) is 5.86. The minimum Gasteiger partial charge on any atom is -0.380 e. The molecule has 1 fully saturated rings. The lowest BCUT2D eigenvalue weighted by Gasteiger charge is -2.20. The van der Waals surface area contributed by atoms with Crippen LogP contribution in [0.4, 0.5) is 0 Å². The molecule has 0 aromatic rings. The first-order valence-electron chi connectivity index (χ1n) is 4.20. The maximum absolute atomic E-state index is 5.34. The van der Waals surface area contributed by atoms with Crippen LogP contribution in [-0.4, -0.2) is 31.0 Å². The van der Waals surface area contributed by atoms with Crippen molar-refractivity contribution in [3.8, 4) is 0 Å². The molecule has 0 aliphatic carbocycles. The molecule has 0 amide bonds. The summed E-state index contributed by atoms with van der Waals surface area (Å²) in [5, 5.41) is 0.676. The fourth-order valence-electron chi connectivity index (χ4n) is 1.07. The van der Waals surface area contributed by atoms with E-state index in [9.17, 15) is 0 Å². The summed E-state index contributed by atoms with van der Waals surface area (Å²) in [4.78, 5) is 0. The van der Waals surface area contributed by atoms with Crippen LogP contribution in [0.2, 0.25) is 0 Å². The standard InChI is InChI=1S/C8H16O2S/c1-2-9-7-11-8-4-3-5-10-6-8/h8H,2-7H2,1H3. The zero-order valence-electron chi connectivity index (χ0n) is 7.04. The second-order valence-electron chi connectivity index (χ2n) is 2.62. The van der Waals surface area contributed by atoms with Crippen LogP contribution in [0.15, 0.2) is 0 Å². The Balaban J connectivity index is 1.96. The summed E-state index contributed by atoms with van der Waals surface area (Å²) >= 11 is 1.87. The van der Waals surface area contributed by atoms with Gasteiger partial charge in [-0.25, -0.2) is 0 Å². The third-order valence-electron chi connectivity index (χ3n) is 1.71. The summed E-state index contributed by atoms with van der Waals surface area (Å²) in [6, 6.07) is 0. The molecule has 0 saturated carbocycles. The lowest BCUT2D eigenvalue weighted by atomic mass is 10.2. The largest absolute Gasteiger partial charge is 0.380 e. The maximum atomic E-state index is 5.34. The molecule has 0 bridgehead atoms. The highest BCUT2D eigenvalue weighted by molar-refractivity contribution is 7.99. The topological polar surface area (TPSA) is 18.5 Å². The zero-order valence-corrected chi connectivity index (χ0v) is 7.86. The summed E-state index contributed by atoms with van der Waals surface area (Å²) < 4.78 is 10.6. The molecule has 1 unspecified atom stereocenters. The predicted molar refractivity (Wildman–Crippen MR) is 47.9 cm³/mol. The van der Waals surface area contributed by atoms with E-state index in [1.807, 2.05) is 18.7 Å². The van der Waals surface area contributed by atoms with E-state index in [1.54, 1.807) is 0 Å². The minimum absolute atomic E-state index is 0.676. The van der Waals surface area contributed by atoms with Crippen molar-refractivity contribution < 1.29 is 9.47 Å². The zero-order chi connectivity index (χ0) is 7.94. The molecule has 1 atom stereocenters. The summed E-state index contributed by atoms with van der Waals surface area (Å²) in [7, 11) is 0. The Morgan fingerprint density at radius 3 is 3.18 bits per heavy atom. The first-order valence-corrected chi connectivity index (χ1v) is 5.25. The van der Waals surface area contributed by atoms with Crippen LogP contribution in [0.3, 0.4) is 0 Å². The third-order valence-corrected chi connectivity index (χ3v) is 2.86. The van der Waals surface area contributed by atoms with Gasteiger partial charge in [-0.05, 0) is 19.8 Å². The summed E-state index contributed by atoms with van der Waals surface area (Å²) in [5.41, 5.74) is 0. The van der Waals surface area contributed by atoms with Crippen molar-refractivity contribution in [3.63, 3.8) is 0 Å². The van der Waals surface area contributed by atoms with Gasteiger partial charge in [-0.3, -0.25) is 0 Å². The quantitative estimate of drug-likeness (QED) is 0.481. The molecule has 1 saturated heterocycles. The Morgan fingerprint density at radius 2 is 2.55 bits per heavy atom. The Labute approximate surface area is 72.6 Å². The van der Waals surface area contributed by atoms with Crippen LogP contribution < -0.4 is 0 Å². The fraction of sp³-hybridized carbons (Fsp3) is 1.00. The lowest BCUT2D eigenvalue weighted by molar-refractivity contribution is 0.100. The van der Waals surface area contributed by atoms with Gasteiger partial charge in [0.15, 0.2) is 0 Å². The molecule has 0 N–H and O–H groups in total. The van der Waals surface area contributed by atoms with Crippen molar-refractivity contribution in [2.24, 2.45) is 0 Å². The van der Waals surface area contributed by atoms with Crippen LogP contribution in [0.1, 0.15) is 19.8 Å². The Kier molecular flexibility index (Phi) is 4.99. The van der Waals surface area contributed by atoms with Crippen LogP contribution in [-0.2, 0) is 9.47 Å². The molecule has 0 aromatic heterocycles. The smallest absolute Gasteiger partial charge is 0.0924 e. The van der Waals surface area contributed by atoms with E-state index in [2.05, 4.69) is 0 Å². The number of hydrogen-bond acceptors (Lipinski definition) is 3. The van der Waals surface area contributed by atoms with Gasteiger partial charge in [0.25, 0.3) is 0 Å². The number of hydrogen-bond donors (Lipinski definition) is 0. The molecule has 0 radical (unpaired) electrons. The summed E-state index contributed by atoms with van der Waals surface area (Å²) in [6.45, 7) is 4.71. The van der Waals surface area contributed by atoms with Gasteiger partial charge in [0.1, 0.15) is 0 Å². The molecule has 0 spiro atoms. The highest BCUT2D eigenvalue weighted by atomic mass is 32.2. The van der Waals surface area contributed by atoms with E-state index in [4.69, 9.17) is 9.47 Å². The van der Waals surface area contributed by atoms with E-state index in [-0.39, 0.29) is 0 Å². The predicted octanol–water partition coefficient (Wildman–Crippen LogP) is 1.89. The van der Waals surface area contributed by atoms with Crippen molar-refractivity contribution in [2.75, 3.05) is 25.8 Å². The molecule has 1 heterocycles. The van der Waals surface area contributed by atoms with Gasteiger partial charge in [-0.15, -0.1) is 11.8 Å². The normalized spacial score (nSPS) is 25.4. The fourth-order valence-corrected chi connectivity index (χ4v) is 2.05. The first-order chi connectivity index (χ1) is 5.43. The Morgan fingerprint density at radius 1 is 1.64 bits per heavy atom. The third kappa shape index (κ3) is 3.99. The van der Waals surface area contributed by atoms with Gasteiger partial charge in [-0.2, -0.15) is 0 Å².